The third kappa shape index (κ3) is 3.72. The molecule has 16 heavy (non-hydrogen) atoms. The standard InChI is InChI=1S/C13H27NO2/c1-4-13(16,5-2)10-14-8-6-7-12(14)9-11(3)15/h11-12,15-16H,4-10H2,1-3H3. The van der Waals surface area contributed by atoms with Crippen molar-refractivity contribution in [3.8, 4) is 0 Å². The smallest absolute Gasteiger partial charge is 0.0769 e. The molecule has 2 N–H and O–H groups in total. The Morgan fingerprint density at radius 2 is 2.00 bits per heavy atom. The Bertz CT molecular complexity index is 202. The maximum Gasteiger partial charge on any atom is 0.0769 e. The quantitative estimate of drug-likeness (QED) is 0.729. The average molecular weight is 229 g/mol. The van der Waals surface area contributed by atoms with Crippen LogP contribution in [0.25, 0.3) is 0 Å². The van der Waals surface area contributed by atoms with E-state index < -0.39 is 5.60 Å². The minimum atomic E-state index is -0.540. The van der Waals surface area contributed by atoms with Gasteiger partial charge in [-0.3, -0.25) is 4.90 Å². The highest BCUT2D eigenvalue weighted by molar-refractivity contribution is 4.87. The van der Waals surface area contributed by atoms with Crippen LogP contribution in [-0.4, -0.2) is 45.9 Å². The molecule has 0 radical (unpaired) electrons. The van der Waals surface area contributed by atoms with Crippen LogP contribution in [0.4, 0.5) is 0 Å². The third-order valence-corrected chi connectivity index (χ3v) is 3.93. The van der Waals surface area contributed by atoms with Gasteiger partial charge in [-0.15, -0.1) is 0 Å². The summed E-state index contributed by atoms with van der Waals surface area (Å²) >= 11 is 0. The summed E-state index contributed by atoms with van der Waals surface area (Å²) in [5.41, 5.74) is -0.540. The minimum Gasteiger partial charge on any atom is -0.393 e. The lowest BCUT2D eigenvalue weighted by molar-refractivity contribution is -0.0112. The highest BCUT2D eigenvalue weighted by Gasteiger charge is 2.32. The Balaban J connectivity index is 2.51. The number of hydrogen-bond donors (Lipinski definition) is 2. The van der Waals surface area contributed by atoms with Gasteiger partial charge in [0.25, 0.3) is 0 Å². The average Bonchev–Trinajstić information content (AvgIpc) is 2.64. The molecule has 1 rings (SSSR count). The number of aliphatic hydroxyl groups excluding tert-OH is 1. The number of likely N-dealkylation sites (tertiary alicyclic amines) is 1. The fraction of sp³-hybridized carbons (Fsp3) is 1.00. The molecule has 0 spiro atoms. The van der Waals surface area contributed by atoms with Crippen molar-refractivity contribution >= 4 is 0 Å². The first-order valence-corrected chi connectivity index (χ1v) is 6.65. The lowest BCUT2D eigenvalue weighted by atomic mass is 9.96. The van der Waals surface area contributed by atoms with Crippen molar-refractivity contribution in [2.45, 2.75) is 70.6 Å². The molecule has 1 aliphatic rings. The first-order valence-electron chi connectivity index (χ1n) is 6.65. The van der Waals surface area contributed by atoms with Gasteiger partial charge in [0.1, 0.15) is 0 Å². The van der Waals surface area contributed by atoms with Gasteiger partial charge in [-0.1, -0.05) is 13.8 Å². The predicted molar refractivity (Wildman–Crippen MR) is 66.4 cm³/mol. The van der Waals surface area contributed by atoms with Crippen molar-refractivity contribution in [1.29, 1.82) is 0 Å². The molecule has 0 saturated carbocycles. The fourth-order valence-corrected chi connectivity index (χ4v) is 2.62. The maximum absolute atomic E-state index is 10.3. The zero-order valence-corrected chi connectivity index (χ0v) is 10.9. The molecule has 1 saturated heterocycles. The molecular formula is C13H27NO2. The van der Waals surface area contributed by atoms with E-state index in [0.29, 0.717) is 6.04 Å². The van der Waals surface area contributed by atoms with Crippen LogP contribution in [0.5, 0.6) is 0 Å². The zero-order chi connectivity index (χ0) is 12.2. The molecular weight excluding hydrogens is 202 g/mol. The normalized spacial score (nSPS) is 24.9. The van der Waals surface area contributed by atoms with Crippen LogP contribution in [0.1, 0.15) is 52.9 Å². The monoisotopic (exact) mass is 229 g/mol. The van der Waals surface area contributed by atoms with Crippen LogP contribution in [0.15, 0.2) is 0 Å². The zero-order valence-electron chi connectivity index (χ0n) is 10.9. The van der Waals surface area contributed by atoms with Crippen LogP contribution in [-0.2, 0) is 0 Å². The van der Waals surface area contributed by atoms with Crippen molar-refractivity contribution in [3.63, 3.8) is 0 Å². The number of aliphatic hydroxyl groups is 2. The van der Waals surface area contributed by atoms with Crippen LogP contribution in [0.3, 0.4) is 0 Å². The van der Waals surface area contributed by atoms with Crippen LogP contribution < -0.4 is 0 Å². The van der Waals surface area contributed by atoms with Gasteiger partial charge >= 0.3 is 0 Å². The highest BCUT2D eigenvalue weighted by Crippen LogP contribution is 2.26. The molecule has 0 amide bonds. The van der Waals surface area contributed by atoms with E-state index in [1.165, 1.54) is 6.42 Å². The first-order chi connectivity index (χ1) is 7.50. The molecule has 0 aromatic rings. The van der Waals surface area contributed by atoms with Crippen molar-refractivity contribution in [1.82, 2.24) is 4.90 Å². The molecule has 1 heterocycles. The fourth-order valence-electron chi connectivity index (χ4n) is 2.62. The Kier molecular flexibility index (Phi) is 5.22. The highest BCUT2D eigenvalue weighted by atomic mass is 16.3. The largest absolute Gasteiger partial charge is 0.393 e. The van der Waals surface area contributed by atoms with Gasteiger partial charge in [-0.25, -0.2) is 0 Å². The van der Waals surface area contributed by atoms with Gasteiger partial charge in [0, 0.05) is 12.6 Å². The van der Waals surface area contributed by atoms with E-state index >= 15 is 0 Å². The minimum absolute atomic E-state index is 0.234. The Hall–Kier alpha value is -0.120. The van der Waals surface area contributed by atoms with Crippen molar-refractivity contribution in [2.24, 2.45) is 0 Å². The summed E-state index contributed by atoms with van der Waals surface area (Å²) in [6.45, 7) is 7.77. The molecule has 1 aliphatic heterocycles. The molecule has 0 bridgehead atoms. The summed E-state index contributed by atoms with van der Waals surface area (Å²) in [7, 11) is 0. The van der Waals surface area contributed by atoms with Gasteiger partial charge in [-0.05, 0) is 45.6 Å². The molecule has 3 nitrogen and oxygen atoms in total. The van der Waals surface area contributed by atoms with E-state index in [1.807, 2.05) is 20.8 Å². The van der Waals surface area contributed by atoms with Crippen LogP contribution in [0, 0.1) is 0 Å². The molecule has 2 unspecified atom stereocenters. The van der Waals surface area contributed by atoms with Gasteiger partial charge in [0.15, 0.2) is 0 Å². The van der Waals surface area contributed by atoms with Crippen molar-refractivity contribution in [3.05, 3.63) is 0 Å². The van der Waals surface area contributed by atoms with Crippen LogP contribution >= 0.6 is 0 Å². The molecule has 3 heteroatoms. The molecule has 0 aliphatic carbocycles. The predicted octanol–water partition coefficient (Wildman–Crippen LogP) is 1.77. The molecule has 96 valence electrons. The second-order valence-corrected chi connectivity index (χ2v) is 5.28. The summed E-state index contributed by atoms with van der Waals surface area (Å²) in [4.78, 5) is 2.36. The van der Waals surface area contributed by atoms with Gasteiger partial charge in [0.05, 0.1) is 11.7 Å². The topological polar surface area (TPSA) is 43.7 Å². The van der Waals surface area contributed by atoms with E-state index in [2.05, 4.69) is 4.90 Å². The second-order valence-electron chi connectivity index (χ2n) is 5.28. The maximum atomic E-state index is 10.3. The van der Waals surface area contributed by atoms with E-state index in [-0.39, 0.29) is 6.10 Å². The SMILES string of the molecule is CCC(O)(CC)CN1CCCC1CC(C)O. The Morgan fingerprint density at radius 3 is 2.50 bits per heavy atom. The summed E-state index contributed by atoms with van der Waals surface area (Å²) in [6, 6.07) is 0.463. The molecule has 0 aromatic heterocycles. The summed E-state index contributed by atoms with van der Waals surface area (Å²) < 4.78 is 0. The van der Waals surface area contributed by atoms with Crippen molar-refractivity contribution < 1.29 is 10.2 Å². The number of nitrogens with zero attached hydrogens (tertiary/aromatic N) is 1. The number of β-amino-alcohol motifs (C(OH)–C–C–N with tert-alkyl or cyclic N) is 1. The van der Waals surface area contributed by atoms with Gasteiger partial charge in [-0.2, -0.15) is 0 Å². The summed E-state index contributed by atoms with van der Waals surface area (Å²) in [6.07, 6.45) is 4.57. The lowest BCUT2D eigenvalue weighted by Crippen LogP contribution is -2.45. The second kappa shape index (κ2) is 5.99. The van der Waals surface area contributed by atoms with E-state index in [4.69, 9.17) is 0 Å². The number of rotatable bonds is 6. The third-order valence-electron chi connectivity index (χ3n) is 3.93. The van der Waals surface area contributed by atoms with Gasteiger partial charge in [0.2, 0.25) is 0 Å². The summed E-state index contributed by atoms with van der Waals surface area (Å²) in [5.74, 6) is 0. The Morgan fingerprint density at radius 1 is 1.38 bits per heavy atom. The van der Waals surface area contributed by atoms with Gasteiger partial charge < -0.3 is 10.2 Å². The van der Waals surface area contributed by atoms with Crippen molar-refractivity contribution in [2.75, 3.05) is 13.1 Å². The summed E-state index contributed by atoms with van der Waals surface area (Å²) in [5, 5.41) is 19.8. The first kappa shape index (κ1) is 13.9. The molecule has 0 aromatic carbocycles. The lowest BCUT2D eigenvalue weighted by Gasteiger charge is -2.34. The number of hydrogen-bond acceptors (Lipinski definition) is 3. The molecule has 1 fully saturated rings. The Labute approximate surface area is 99.5 Å². The van der Waals surface area contributed by atoms with E-state index in [1.54, 1.807) is 0 Å². The van der Waals surface area contributed by atoms with Crippen LogP contribution in [0.2, 0.25) is 0 Å². The molecule has 2 atom stereocenters. The van der Waals surface area contributed by atoms with E-state index in [0.717, 1.165) is 38.8 Å². The van der Waals surface area contributed by atoms with E-state index in [9.17, 15) is 10.2 Å².